The van der Waals surface area contributed by atoms with Crippen LogP contribution in [0.3, 0.4) is 0 Å². The molecule has 3 heteroatoms. The fourth-order valence-corrected chi connectivity index (χ4v) is 1.77. The first-order valence-corrected chi connectivity index (χ1v) is 5.82. The van der Waals surface area contributed by atoms with Crippen molar-refractivity contribution in [1.29, 1.82) is 0 Å². The average molecular weight is 248 g/mol. The van der Waals surface area contributed by atoms with E-state index < -0.39 is 0 Å². The van der Waals surface area contributed by atoms with Crippen LogP contribution in [-0.4, -0.2) is 0 Å². The molecule has 0 radical (unpaired) electrons. The summed E-state index contributed by atoms with van der Waals surface area (Å²) in [5, 5.41) is 0.516. The second-order valence-corrected chi connectivity index (χ2v) is 4.23. The van der Waals surface area contributed by atoms with Gasteiger partial charge in [0.05, 0.1) is 10.7 Å². The number of anilines is 1. The molecule has 2 N–H and O–H groups in total. The molecule has 88 valence electrons. The minimum absolute atomic E-state index is 0.0584. The molecule has 0 aliphatic carbocycles. The largest absolute Gasteiger partial charge is 0.484 e. The molecule has 0 bridgehead atoms. The maximum Gasteiger partial charge on any atom is 0.144 e. The molecule has 17 heavy (non-hydrogen) atoms. The van der Waals surface area contributed by atoms with Gasteiger partial charge in [-0.1, -0.05) is 48.0 Å². The fraction of sp³-hybridized carbons (Fsp3) is 0.143. The summed E-state index contributed by atoms with van der Waals surface area (Å²) in [5.41, 5.74) is 7.44. The molecule has 0 aliphatic rings. The van der Waals surface area contributed by atoms with Crippen molar-refractivity contribution in [2.45, 2.75) is 13.0 Å². The quantitative estimate of drug-likeness (QED) is 0.830. The molecule has 0 spiro atoms. The van der Waals surface area contributed by atoms with Crippen molar-refractivity contribution in [3.05, 3.63) is 59.1 Å². The molecule has 2 nitrogen and oxygen atoms in total. The minimum atomic E-state index is -0.0584. The number of hydrogen-bond acceptors (Lipinski definition) is 2. The predicted octanol–water partition coefficient (Wildman–Crippen LogP) is 4.06. The summed E-state index contributed by atoms with van der Waals surface area (Å²) in [6, 6.07) is 15.4. The van der Waals surface area contributed by atoms with Gasteiger partial charge < -0.3 is 10.5 Å². The van der Waals surface area contributed by atoms with Gasteiger partial charge in [-0.15, -0.1) is 0 Å². The molecule has 0 fully saturated rings. The number of para-hydroxylation sites is 1. The van der Waals surface area contributed by atoms with Gasteiger partial charge in [-0.05, 0) is 24.6 Å². The molecule has 2 aromatic carbocycles. The minimum Gasteiger partial charge on any atom is -0.484 e. The van der Waals surface area contributed by atoms with E-state index in [1.165, 1.54) is 0 Å². The van der Waals surface area contributed by atoms with Gasteiger partial charge >= 0.3 is 0 Å². The molecule has 1 atom stereocenters. The second kappa shape index (κ2) is 5.11. The molecule has 2 aromatic rings. The topological polar surface area (TPSA) is 35.2 Å². The van der Waals surface area contributed by atoms with Crippen LogP contribution in [0.2, 0.25) is 5.02 Å². The van der Waals surface area contributed by atoms with Crippen LogP contribution in [0.15, 0.2) is 48.5 Å². The van der Waals surface area contributed by atoms with Crippen molar-refractivity contribution in [1.82, 2.24) is 0 Å². The van der Waals surface area contributed by atoms with E-state index in [-0.39, 0.29) is 6.10 Å². The molecular weight excluding hydrogens is 234 g/mol. The van der Waals surface area contributed by atoms with Crippen molar-refractivity contribution in [3.63, 3.8) is 0 Å². The van der Waals surface area contributed by atoms with Gasteiger partial charge in [0.1, 0.15) is 11.9 Å². The Morgan fingerprint density at radius 1 is 1.06 bits per heavy atom. The maximum absolute atomic E-state index is 5.94. The molecule has 2 rings (SSSR count). The van der Waals surface area contributed by atoms with E-state index in [0.717, 1.165) is 5.56 Å². The van der Waals surface area contributed by atoms with E-state index in [1.807, 2.05) is 49.4 Å². The predicted molar refractivity (Wildman–Crippen MR) is 71.3 cm³/mol. The third-order valence-electron chi connectivity index (χ3n) is 2.59. The number of benzene rings is 2. The summed E-state index contributed by atoms with van der Waals surface area (Å²) in [6.07, 6.45) is -0.0584. The summed E-state index contributed by atoms with van der Waals surface area (Å²) < 4.78 is 5.80. The highest BCUT2D eigenvalue weighted by Crippen LogP contribution is 2.32. The number of nitrogens with two attached hydrogens (primary N) is 1. The summed E-state index contributed by atoms with van der Waals surface area (Å²) in [5.74, 6) is 0.619. The van der Waals surface area contributed by atoms with E-state index in [4.69, 9.17) is 22.1 Å². The smallest absolute Gasteiger partial charge is 0.144 e. The van der Waals surface area contributed by atoms with Gasteiger partial charge in [0.2, 0.25) is 0 Å². The first-order valence-electron chi connectivity index (χ1n) is 5.44. The van der Waals surface area contributed by atoms with Crippen LogP contribution in [0.5, 0.6) is 5.75 Å². The zero-order valence-electron chi connectivity index (χ0n) is 9.56. The Balaban J connectivity index is 2.19. The number of rotatable bonds is 3. The Labute approximate surface area is 106 Å². The van der Waals surface area contributed by atoms with Crippen molar-refractivity contribution in [3.8, 4) is 5.75 Å². The lowest BCUT2D eigenvalue weighted by molar-refractivity contribution is 0.228. The summed E-state index contributed by atoms with van der Waals surface area (Å²) in [4.78, 5) is 0. The van der Waals surface area contributed by atoms with E-state index >= 15 is 0 Å². The second-order valence-electron chi connectivity index (χ2n) is 3.82. The summed E-state index contributed by atoms with van der Waals surface area (Å²) in [6.45, 7) is 1.98. The molecule has 0 amide bonds. The number of ether oxygens (including phenoxy) is 1. The van der Waals surface area contributed by atoms with Gasteiger partial charge in [0.15, 0.2) is 0 Å². The Kier molecular flexibility index (Phi) is 3.55. The Bertz CT molecular complexity index is 499. The van der Waals surface area contributed by atoms with Crippen molar-refractivity contribution < 1.29 is 4.74 Å². The van der Waals surface area contributed by atoms with Crippen molar-refractivity contribution in [2.75, 3.05) is 5.73 Å². The van der Waals surface area contributed by atoms with Gasteiger partial charge in [0, 0.05) is 0 Å². The van der Waals surface area contributed by atoms with Gasteiger partial charge in [-0.25, -0.2) is 0 Å². The van der Waals surface area contributed by atoms with Crippen LogP contribution in [-0.2, 0) is 0 Å². The lowest BCUT2D eigenvalue weighted by atomic mass is 10.1. The lowest BCUT2D eigenvalue weighted by Crippen LogP contribution is -2.04. The highest BCUT2D eigenvalue weighted by molar-refractivity contribution is 6.33. The molecule has 0 aromatic heterocycles. The average Bonchev–Trinajstić information content (AvgIpc) is 2.36. The van der Waals surface area contributed by atoms with Crippen LogP contribution in [0.4, 0.5) is 5.69 Å². The Morgan fingerprint density at radius 2 is 1.76 bits per heavy atom. The van der Waals surface area contributed by atoms with Crippen LogP contribution in [0, 0.1) is 0 Å². The Morgan fingerprint density at radius 3 is 2.47 bits per heavy atom. The molecular formula is C14H14ClNO. The standard InChI is InChI=1S/C14H14ClNO/c1-10(11-6-3-2-4-7-11)17-13-9-5-8-12(15)14(13)16/h2-10H,16H2,1H3. The highest BCUT2D eigenvalue weighted by Gasteiger charge is 2.10. The van der Waals surface area contributed by atoms with E-state index in [1.54, 1.807) is 6.07 Å². The zero-order valence-corrected chi connectivity index (χ0v) is 10.3. The summed E-state index contributed by atoms with van der Waals surface area (Å²) in [7, 11) is 0. The number of nitrogen functional groups attached to an aromatic ring is 1. The lowest BCUT2D eigenvalue weighted by Gasteiger charge is -2.16. The molecule has 0 saturated heterocycles. The van der Waals surface area contributed by atoms with Crippen molar-refractivity contribution >= 4 is 17.3 Å². The number of hydrogen-bond donors (Lipinski definition) is 1. The normalized spacial score (nSPS) is 12.1. The van der Waals surface area contributed by atoms with Crippen molar-refractivity contribution in [2.24, 2.45) is 0 Å². The van der Waals surface area contributed by atoms with E-state index in [9.17, 15) is 0 Å². The van der Waals surface area contributed by atoms with E-state index in [2.05, 4.69) is 0 Å². The maximum atomic E-state index is 5.94. The van der Waals surface area contributed by atoms with E-state index in [0.29, 0.717) is 16.5 Å². The zero-order chi connectivity index (χ0) is 12.3. The third-order valence-corrected chi connectivity index (χ3v) is 2.92. The first kappa shape index (κ1) is 11.8. The van der Waals surface area contributed by atoms with Gasteiger partial charge in [0.25, 0.3) is 0 Å². The SMILES string of the molecule is CC(Oc1cccc(Cl)c1N)c1ccccc1. The highest BCUT2D eigenvalue weighted by atomic mass is 35.5. The molecule has 0 saturated carbocycles. The molecule has 0 aliphatic heterocycles. The molecule has 0 heterocycles. The third kappa shape index (κ3) is 2.71. The van der Waals surface area contributed by atoms with Crippen LogP contribution < -0.4 is 10.5 Å². The molecule has 1 unspecified atom stereocenters. The van der Waals surface area contributed by atoms with Gasteiger partial charge in [-0.2, -0.15) is 0 Å². The number of halogens is 1. The monoisotopic (exact) mass is 247 g/mol. The fourth-order valence-electron chi connectivity index (χ4n) is 1.60. The van der Waals surface area contributed by atoms with Crippen LogP contribution in [0.1, 0.15) is 18.6 Å². The van der Waals surface area contributed by atoms with Crippen LogP contribution >= 0.6 is 11.6 Å². The van der Waals surface area contributed by atoms with Gasteiger partial charge in [-0.3, -0.25) is 0 Å². The van der Waals surface area contributed by atoms with Crippen LogP contribution in [0.25, 0.3) is 0 Å². The summed E-state index contributed by atoms with van der Waals surface area (Å²) >= 11 is 5.94. The first-order chi connectivity index (χ1) is 8.18. The Hall–Kier alpha value is -1.67.